The Morgan fingerprint density at radius 2 is 1.95 bits per heavy atom. The lowest BCUT2D eigenvalue weighted by Gasteiger charge is -2.09. The molecule has 118 valence electrons. The maximum absolute atomic E-state index is 12.2. The lowest BCUT2D eigenvalue weighted by Crippen LogP contribution is -2.25. The summed E-state index contributed by atoms with van der Waals surface area (Å²) >= 11 is 6.49. The minimum absolute atomic E-state index is 0.200. The van der Waals surface area contributed by atoms with Gasteiger partial charge in [-0.25, -0.2) is 13.1 Å². The lowest BCUT2D eigenvalue weighted by atomic mass is 10.2. The third kappa shape index (κ3) is 6.46. The van der Waals surface area contributed by atoms with Crippen LogP contribution in [0.3, 0.4) is 0 Å². The molecule has 0 aliphatic carbocycles. The second-order valence-electron chi connectivity index (χ2n) is 4.36. The number of sulfonamides is 1. The summed E-state index contributed by atoms with van der Waals surface area (Å²) in [4.78, 5) is 11.1. The molecule has 0 heterocycles. The molecule has 0 saturated heterocycles. The molecule has 0 spiro atoms. The lowest BCUT2D eigenvalue weighted by molar-refractivity contribution is -0.140. The minimum atomic E-state index is -3.54. The Bertz CT molecular complexity index is 590. The minimum Gasteiger partial charge on any atom is -0.469 e. The highest BCUT2D eigenvalue weighted by molar-refractivity contribution is 9.11. The van der Waals surface area contributed by atoms with E-state index in [0.717, 1.165) is 6.42 Å². The second-order valence-corrected chi connectivity index (χ2v) is 7.86. The summed E-state index contributed by atoms with van der Waals surface area (Å²) in [7, 11) is -2.19. The predicted molar refractivity (Wildman–Crippen MR) is 87.5 cm³/mol. The number of halogens is 2. The highest BCUT2D eigenvalue weighted by Crippen LogP contribution is 2.25. The van der Waals surface area contributed by atoms with Crippen molar-refractivity contribution in [2.45, 2.75) is 30.6 Å². The fourth-order valence-corrected chi connectivity index (χ4v) is 4.21. The number of esters is 1. The largest absolute Gasteiger partial charge is 0.469 e. The highest BCUT2D eigenvalue weighted by Gasteiger charge is 2.17. The average molecular weight is 443 g/mol. The first kappa shape index (κ1) is 18.6. The molecule has 0 atom stereocenters. The Morgan fingerprint density at radius 3 is 2.62 bits per heavy atom. The molecule has 1 aromatic carbocycles. The first-order valence-corrected chi connectivity index (χ1v) is 9.45. The molecule has 0 amide bonds. The molecule has 0 aliphatic heterocycles. The molecule has 1 rings (SSSR count). The number of benzene rings is 1. The maximum atomic E-state index is 12.2. The van der Waals surface area contributed by atoms with E-state index in [4.69, 9.17) is 0 Å². The molecule has 0 bridgehead atoms. The van der Waals surface area contributed by atoms with Gasteiger partial charge in [0.15, 0.2) is 0 Å². The SMILES string of the molecule is COC(=O)CCCCCNS(=O)(=O)c1cc(Br)ccc1Br. The Labute approximate surface area is 141 Å². The molecular formula is C13H17Br2NO4S. The number of carbonyl (C=O) groups is 1. The van der Waals surface area contributed by atoms with Gasteiger partial charge in [0.2, 0.25) is 10.0 Å². The van der Waals surface area contributed by atoms with Gasteiger partial charge in [-0.15, -0.1) is 0 Å². The van der Waals surface area contributed by atoms with Crippen LogP contribution in [0, 0.1) is 0 Å². The van der Waals surface area contributed by atoms with Crippen molar-refractivity contribution in [2.75, 3.05) is 13.7 Å². The van der Waals surface area contributed by atoms with E-state index in [1.54, 1.807) is 18.2 Å². The maximum Gasteiger partial charge on any atom is 0.305 e. The molecule has 0 saturated carbocycles. The summed E-state index contributed by atoms with van der Waals surface area (Å²) in [6.07, 6.45) is 2.48. The van der Waals surface area contributed by atoms with E-state index in [9.17, 15) is 13.2 Å². The number of ether oxygens (including phenoxy) is 1. The zero-order valence-corrected chi connectivity index (χ0v) is 15.6. The summed E-state index contributed by atoms with van der Waals surface area (Å²) in [5, 5.41) is 0. The van der Waals surface area contributed by atoms with Crippen LogP contribution in [0.25, 0.3) is 0 Å². The summed E-state index contributed by atoms with van der Waals surface area (Å²) in [6.45, 7) is 0.336. The van der Waals surface area contributed by atoms with Crippen LogP contribution in [0.1, 0.15) is 25.7 Å². The van der Waals surface area contributed by atoms with Gasteiger partial charge in [0.1, 0.15) is 0 Å². The first-order chi connectivity index (χ1) is 9.86. The predicted octanol–water partition coefficient (Wildman–Crippen LogP) is 3.22. The molecule has 0 aliphatic rings. The third-order valence-corrected chi connectivity index (χ3v) is 5.71. The highest BCUT2D eigenvalue weighted by atomic mass is 79.9. The van der Waals surface area contributed by atoms with E-state index in [-0.39, 0.29) is 10.9 Å². The van der Waals surface area contributed by atoms with Gasteiger partial charge in [-0.2, -0.15) is 0 Å². The van der Waals surface area contributed by atoms with Gasteiger partial charge in [-0.3, -0.25) is 4.79 Å². The van der Waals surface area contributed by atoms with Crippen molar-refractivity contribution in [1.82, 2.24) is 4.72 Å². The fraction of sp³-hybridized carbons (Fsp3) is 0.462. The summed E-state index contributed by atoms with van der Waals surface area (Å²) < 4.78 is 32.6. The van der Waals surface area contributed by atoms with Crippen LogP contribution in [0.5, 0.6) is 0 Å². The molecule has 8 heteroatoms. The Balaban J connectivity index is 2.43. The monoisotopic (exact) mass is 441 g/mol. The van der Waals surface area contributed by atoms with Crippen LogP contribution in [0.4, 0.5) is 0 Å². The summed E-state index contributed by atoms with van der Waals surface area (Å²) in [5.41, 5.74) is 0. The van der Waals surface area contributed by atoms with E-state index in [2.05, 4.69) is 41.3 Å². The van der Waals surface area contributed by atoms with Crippen molar-refractivity contribution < 1.29 is 17.9 Å². The zero-order chi connectivity index (χ0) is 15.9. The van der Waals surface area contributed by atoms with Gasteiger partial charge in [0.05, 0.1) is 12.0 Å². The smallest absolute Gasteiger partial charge is 0.305 e. The third-order valence-electron chi connectivity index (χ3n) is 2.76. The van der Waals surface area contributed by atoms with Crippen molar-refractivity contribution in [1.29, 1.82) is 0 Å². The first-order valence-electron chi connectivity index (χ1n) is 6.38. The molecule has 0 fully saturated rings. The van der Waals surface area contributed by atoms with Gasteiger partial charge in [-0.05, 0) is 47.0 Å². The standard InChI is InChI=1S/C13H17Br2NO4S/c1-20-13(17)5-3-2-4-8-16-21(18,19)12-9-10(14)6-7-11(12)15/h6-7,9,16H,2-5,8H2,1H3. The normalized spacial score (nSPS) is 11.4. The van der Waals surface area contributed by atoms with Crippen molar-refractivity contribution in [3.8, 4) is 0 Å². The number of nitrogens with one attached hydrogen (secondary N) is 1. The van der Waals surface area contributed by atoms with E-state index in [0.29, 0.717) is 34.8 Å². The Hall–Kier alpha value is -0.440. The molecule has 5 nitrogen and oxygen atoms in total. The number of methoxy groups -OCH3 is 1. The molecule has 1 N–H and O–H groups in total. The van der Waals surface area contributed by atoms with Crippen molar-refractivity contribution in [3.05, 3.63) is 27.1 Å². The van der Waals surface area contributed by atoms with Gasteiger partial charge >= 0.3 is 5.97 Å². The van der Waals surface area contributed by atoms with Crippen molar-refractivity contribution in [3.63, 3.8) is 0 Å². The summed E-state index contributed by atoms with van der Waals surface area (Å²) in [5.74, 6) is -0.242. The van der Waals surface area contributed by atoms with E-state index < -0.39 is 10.0 Å². The number of unbranched alkanes of at least 4 members (excludes halogenated alkanes) is 2. The molecule has 0 aromatic heterocycles. The number of rotatable bonds is 8. The van der Waals surface area contributed by atoms with Gasteiger partial charge in [0.25, 0.3) is 0 Å². The van der Waals surface area contributed by atoms with Crippen LogP contribution < -0.4 is 4.72 Å². The van der Waals surface area contributed by atoms with Gasteiger partial charge in [-0.1, -0.05) is 22.4 Å². The van der Waals surface area contributed by atoms with Crippen molar-refractivity contribution in [2.24, 2.45) is 0 Å². The zero-order valence-electron chi connectivity index (χ0n) is 11.6. The molecule has 0 unspecified atom stereocenters. The van der Waals surface area contributed by atoms with Crippen LogP contribution in [-0.4, -0.2) is 28.0 Å². The van der Waals surface area contributed by atoms with Crippen LogP contribution in [0.15, 0.2) is 32.0 Å². The fourth-order valence-electron chi connectivity index (χ4n) is 1.64. The average Bonchev–Trinajstić information content (AvgIpc) is 2.44. The van der Waals surface area contributed by atoms with E-state index >= 15 is 0 Å². The molecule has 0 radical (unpaired) electrons. The van der Waals surface area contributed by atoms with Gasteiger partial charge in [0, 0.05) is 21.9 Å². The van der Waals surface area contributed by atoms with Crippen LogP contribution in [0.2, 0.25) is 0 Å². The molecule has 21 heavy (non-hydrogen) atoms. The van der Waals surface area contributed by atoms with E-state index in [1.165, 1.54) is 7.11 Å². The Morgan fingerprint density at radius 1 is 1.24 bits per heavy atom. The second kappa shape index (κ2) is 8.87. The van der Waals surface area contributed by atoms with Gasteiger partial charge < -0.3 is 4.74 Å². The Kier molecular flexibility index (Phi) is 7.86. The summed E-state index contributed by atoms with van der Waals surface area (Å²) in [6, 6.07) is 4.98. The topological polar surface area (TPSA) is 72.5 Å². The number of hydrogen-bond acceptors (Lipinski definition) is 4. The van der Waals surface area contributed by atoms with E-state index in [1.807, 2.05) is 0 Å². The molecular weight excluding hydrogens is 426 g/mol. The number of carbonyl (C=O) groups excluding carboxylic acids is 1. The van der Waals surface area contributed by atoms with Crippen LogP contribution >= 0.6 is 31.9 Å². The molecule has 1 aromatic rings. The number of hydrogen-bond donors (Lipinski definition) is 1. The quantitative estimate of drug-likeness (QED) is 0.495. The van der Waals surface area contributed by atoms with Crippen LogP contribution in [-0.2, 0) is 19.6 Å². The van der Waals surface area contributed by atoms with Crippen molar-refractivity contribution >= 4 is 47.9 Å².